The van der Waals surface area contributed by atoms with E-state index < -0.39 is 6.29 Å². The van der Waals surface area contributed by atoms with Crippen LogP contribution in [0.2, 0.25) is 0 Å². The van der Waals surface area contributed by atoms with Crippen molar-refractivity contribution in [3.05, 3.63) is 0 Å². The van der Waals surface area contributed by atoms with E-state index in [1.165, 1.54) is 0 Å². The fourth-order valence-corrected chi connectivity index (χ4v) is 2.19. The lowest BCUT2D eigenvalue weighted by Gasteiger charge is -1.98. The Kier molecular flexibility index (Phi) is 63.7. The van der Waals surface area contributed by atoms with Crippen molar-refractivity contribution in [3.8, 4) is 0 Å². The molecule has 0 aromatic rings. The molecule has 0 aliphatic carbocycles. The van der Waals surface area contributed by atoms with Crippen molar-refractivity contribution in [2.45, 2.75) is 155 Å². The molecule has 5 atom stereocenters. The predicted molar refractivity (Wildman–Crippen MR) is 163 cm³/mol. The van der Waals surface area contributed by atoms with Gasteiger partial charge in [0, 0.05) is 33.0 Å². The summed E-state index contributed by atoms with van der Waals surface area (Å²) in [7, 11) is 0. The van der Waals surface area contributed by atoms with Crippen molar-refractivity contribution < 1.29 is 61.3 Å². The Labute approximate surface area is 250 Å². The minimum Gasteiger partial charge on any atom is -0.396 e. The summed E-state index contributed by atoms with van der Waals surface area (Å²) in [5, 5.41) is 100. The first kappa shape index (κ1) is 53.1. The van der Waals surface area contributed by atoms with Crippen molar-refractivity contribution >= 4 is 0 Å². The largest absolute Gasteiger partial charge is 0.396 e. The maximum atomic E-state index is 8.57. The molecular weight excluding hydrogens is 540 g/mol. The first-order valence-corrected chi connectivity index (χ1v) is 14.9. The first-order valence-electron chi connectivity index (χ1n) is 14.9. The van der Waals surface area contributed by atoms with Crippen molar-refractivity contribution in [1.29, 1.82) is 0 Å². The molecule has 0 saturated heterocycles. The number of hydrogen-bond donors (Lipinski definition) is 12. The molecule has 0 aliphatic heterocycles. The zero-order chi connectivity index (χ0) is 33.5. The van der Waals surface area contributed by atoms with E-state index in [9.17, 15) is 0 Å². The molecule has 0 aromatic carbocycles. The molecule has 0 aromatic heterocycles. The fourth-order valence-electron chi connectivity index (χ4n) is 2.19. The summed E-state index contributed by atoms with van der Waals surface area (Å²) >= 11 is 0. The number of aliphatic hydroxyl groups is 12. The zero-order valence-corrected chi connectivity index (χ0v) is 26.9. The second-order valence-corrected chi connectivity index (χ2v) is 9.84. The van der Waals surface area contributed by atoms with Gasteiger partial charge >= 0.3 is 0 Å². The highest BCUT2D eigenvalue weighted by atomic mass is 16.5. The van der Waals surface area contributed by atoms with E-state index in [4.69, 9.17) is 61.3 Å². The smallest absolute Gasteiger partial charge is 0.151 e. The lowest BCUT2D eigenvalue weighted by Crippen LogP contribution is -2.01. The molecule has 0 amide bonds. The van der Waals surface area contributed by atoms with Gasteiger partial charge in [0.15, 0.2) is 6.29 Å². The number of aliphatic hydroxyl groups excluding tert-OH is 11. The highest BCUT2D eigenvalue weighted by Crippen LogP contribution is 1.94. The SMILES string of the molecule is CC(O)CCCO.CC(O)CCCO.CC(O)CCCO.CC(O)CCCO.CC(O)CCCO.CCCC(O)O. The van der Waals surface area contributed by atoms with Gasteiger partial charge in [0.05, 0.1) is 30.5 Å². The van der Waals surface area contributed by atoms with E-state index in [2.05, 4.69) is 0 Å². The molecule has 0 fully saturated rings. The molecule has 0 radical (unpaired) electrons. The highest BCUT2D eigenvalue weighted by Gasteiger charge is 1.93. The molecule has 0 spiro atoms. The van der Waals surface area contributed by atoms with Gasteiger partial charge in [0.2, 0.25) is 0 Å². The summed E-state index contributed by atoms with van der Waals surface area (Å²) in [6, 6.07) is 0. The Hall–Kier alpha value is -0.480. The van der Waals surface area contributed by atoms with Crippen LogP contribution in [0.5, 0.6) is 0 Å². The standard InChI is InChI=1S/5C5H12O2.C4H10O2/c5*1-5(7)3-2-4-6;1-2-3-4(5)6/h5*5-7H,2-4H2,1H3;4-6H,2-3H2,1H3. The van der Waals surface area contributed by atoms with Crippen LogP contribution in [-0.4, -0.2) is 131 Å². The number of hydrogen-bond acceptors (Lipinski definition) is 12. The molecular formula is C29H70O12. The second-order valence-electron chi connectivity index (χ2n) is 9.84. The van der Waals surface area contributed by atoms with Crippen molar-refractivity contribution in [2.24, 2.45) is 0 Å². The third kappa shape index (κ3) is 110. The average molecular weight is 611 g/mol. The van der Waals surface area contributed by atoms with Crippen LogP contribution in [0.1, 0.15) is 119 Å². The molecule has 12 heteroatoms. The summed E-state index contributed by atoms with van der Waals surface area (Å²) < 4.78 is 0. The van der Waals surface area contributed by atoms with Crippen LogP contribution >= 0.6 is 0 Å². The molecule has 258 valence electrons. The Balaban J connectivity index is -0.0000000897. The Morgan fingerprint density at radius 3 is 0.537 bits per heavy atom. The van der Waals surface area contributed by atoms with Crippen LogP contribution < -0.4 is 0 Å². The molecule has 0 rings (SSSR count). The van der Waals surface area contributed by atoms with Crippen LogP contribution in [0.4, 0.5) is 0 Å². The van der Waals surface area contributed by atoms with E-state index in [0.29, 0.717) is 70.6 Å². The molecule has 12 nitrogen and oxygen atoms in total. The summed E-state index contributed by atoms with van der Waals surface area (Å²) in [4.78, 5) is 0. The molecule has 0 bridgehead atoms. The van der Waals surface area contributed by atoms with Crippen LogP contribution in [0, 0.1) is 0 Å². The maximum Gasteiger partial charge on any atom is 0.151 e. The van der Waals surface area contributed by atoms with E-state index >= 15 is 0 Å². The Morgan fingerprint density at radius 1 is 0.341 bits per heavy atom. The zero-order valence-electron chi connectivity index (χ0n) is 26.9. The van der Waals surface area contributed by atoms with Gasteiger partial charge in [-0.25, -0.2) is 0 Å². The van der Waals surface area contributed by atoms with Gasteiger partial charge in [-0.3, -0.25) is 0 Å². The quantitative estimate of drug-likeness (QED) is 0.102. The van der Waals surface area contributed by atoms with Crippen molar-refractivity contribution in [2.75, 3.05) is 33.0 Å². The van der Waals surface area contributed by atoms with Gasteiger partial charge < -0.3 is 61.3 Å². The first-order chi connectivity index (χ1) is 19.1. The van der Waals surface area contributed by atoms with Crippen molar-refractivity contribution in [3.63, 3.8) is 0 Å². The summed E-state index contributed by atoms with van der Waals surface area (Å²) in [5.74, 6) is 0. The second kappa shape index (κ2) is 49.2. The minimum atomic E-state index is -1.10. The van der Waals surface area contributed by atoms with Gasteiger partial charge in [-0.05, 0) is 105 Å². The summed E-state index contributed by atoms with van der Waals surface area (Å²) in [5.41, 5.74) is 0. The van der Waals surface area contributed by atoms with E-state index in [-0.39, 0.29) is 63.6 Å². The van der Waals surface area contributed by atoms with Gasteiger partial charge in [0.25, 0.3) is 0 Å². The normalized spacial score (nSPS) is 13.5. The van der Waals surface area contributed by atoms with Gasteiger partial charge in [0.1, 0.15) is 0 Å². The van der Waals surface area contributed by atoms with Gasteiger partial charge in [-0.2, -0.15) is 0 Å². The molecule has 0 saturated carbocycles. The summed E-state index contributed by atoms with van der Waals surface area (Å²) in [6.45, 7) is 11.4. The minimum absolute atomic E-state index is 0.185. The molecule has 0 heterocycles. The summed E-state index contributed by atoms with van der Waals surface area (Å²) in [6.07, 6.45) is 5.98. The van der Waals surface area contributed by atoms with Crippen LogP contribution in [0.25, 0.3) is 0 Å². The molecule has 41 heavy (non-hydrogen) atoms. The number of rotatable bonds is 17. The molecule has 0 aliphatic rings. The topological polar surface area (TPSA) is 243 Å². The lowest BCUT2D eigenvalue weighted by molar-refractivity contribution is -0.0453. The third-order valence-corrected chi connectivity index (χ3v) is 4.45. The van der Waals surface area contributed by atoms with Gasteiger partial charge in [-0.1, -0.05) is 13.3 Å². The van der Waals surface area contributed by atoms with Gasteiger partial charge in [-0.15, -0.1) is 0 Å². The van der Waals surface area contributed by atoms with Crippen LogP contribution in [-0.2, 0) is 0 Å². The molecule has 12 N–H and O–H groups in total. The van der Waals surface area contributed by atoms with Crippen LogP contribution in [0.15, 0.2) is 0 Å². The average Bonchev–Trinajstić information content (AvgIpc) is 2.88. The van der Waals surface area contributed by atoms with E-state index in [1.807, 2.05) is 6.92 Å². The third-order valence-electron chi connectivity index (χ3n) is 4.45. The monoisotopic (exact) mass is 610 g/mol. The lowest BCUT2D eigenvalue weighted by atomic mass is 10.2. The predicted octanol–water partition coefficient (Wildman–Crippen LogP) is 0.796. The maximum absolute atomic E-state index is 8.57. The Morgan fingerprint density at radius 2 is 0.512 bits per heavy atom. The van der Waals surface area contributed by atoms with E-state index in [0.717, 1.165) is 6.42 Å². The van der Waals surface area contributed by atoms with Crippen LogP contribution in [0.3, 0.4) is 0 Å². The van der Waals surface area contributed by atoms with E-state index in [1.54, 1.807) is 34.6 Å². The fraction of sp³-hybridized carbons (Fsp3) is 1.00. The molecule has 5 unspecified atom stereocenters. The van der Waals surface area contributed by atoms with Crippen molar-refractivity contribution in [1.82, 2.24) is 0 Å². The Bertz CT molecular complexity index is 313. The highest BCUT2D eigenvalue weighted by molar-refractivity contribution is 4.46.